The Kier molecular flexibility index (Phi) is 7.37. The third kappa shape index (κ3) is 6.23. The quantitative estimate of drug-likeness (QED) is 0.663. The van der Waals surface area contributed by atoms with Gasteiger partial charge in [-0.15, -0.1) is 0 Å². The van der Waals surface area contributed by atoms with Gasteiger partial charge in [0.25, 0.3) is 0 Å². The Morgan fingerprint density at radius 2 is 1.65 bits per heavy atom. The van der Waals surface area contributed by atoms with Crippen molar-refractivity contribution in [1.82, 2.24) is 10.0 Å². The van der Waals surface area contributed by atoms with E-state index in [4.69, 9.17) is 0 Å². The standard InChI is InChI=1S/C19H23BrN2O3S/c1-14(8-9-16-6-4-3-5-7-16)21-19(23)15(2)22-26(24,25)18-12-10-17(20)11-13-18/h3-7,10-15,22H,8-9H2,1-2H3,(H,21,23)/t14-,15+/m0/s1. The number of hydrogen-bond acceptors (Lipinski definition) is 3. The first-order valence-corrected chi connectivity index (χ1v) is 10.7. The highest BCUT2D eigenvalue weighted by molar-refractivity contribution is 9.10. The van der Waals surface area contributed by atoms with E-state index in [1.807, 2.05) is 37.3 Å². The van der Waals surface area contributed by atoms with E-state index < -0.39 is 16.1 Å². The van der Waals surface area contributed by atoms with Crippen molar-refractivity contribution in [3.05, 3.63) is 64.6 Å². The Hall–Kier alpha value is -1.70. The van der Waals surface area contributed by atoms with Crippen LogP contribution >= 0.6 is 15.9 Å². The lowest BCUT2D eigenvalue weighted by Gasteiger charge is -2.18. The van der Waals surface area contributed by atoms with E-state index in [0.29, 0.717) is 0 Å². The SMILES string of the molecule is C[C@@H](CCc1ccccc1)NC(=O)[C@@H](C)NS(=O)(=O)c1ccc(Br)cc1. The highest BCUT2D eigenvalue weighted by Crippen LogP contribution is 2.15. The van der Waals surface area contributed by atoms with Crippen molar-refractivity contribution in [3.8, 4) is 0 Å². The van der Waals surface area contributed by atoms with Crippen LogP contribution in [0.4, 0.5) is 0 Å². The van der Waals surface area contributed by atoms with Crippen molar-refractivity contribution in [1.29, 1.82) is 0 Å². The van der Waals surface area contributed by atoms with Crippen molar-refractivity contribution < 1.29 is 13.2 Å². The first-order valence-electron chi connectivity index (χ1n) is 8.40. The molecular formula is C19H23BrN2O3S. The minimum absolute atomic E-state index is 0.0534. The molecule has 2 rings (SSSR count). The molecule has 0 aliphatic carbocycles. The minimum Gasteiger partial charge on any atom is -0.352 e. The van der Waals surface area contributed by atoms with E-state index in [9.17, 15) is 13.2 Å². The van der Waals surface area contributed by atoms with Gasteiger partial charge in [0.1, 0.15) is 0 Å². The lowest BCUT2D eigenvalue weighted by Crippen LogP contribution is -2.47. The summed E-state index contributed by atoms with van der Waals surface area (Å²) in [5.74, 6) is -0.341. The fourth-order valence-electron chi connectivity index (χ4n) is 2.44. The van der Waals surface area contributed by atoms with Crippen LogP contribution in [-0.4, -0.2) is 26.4 Å². The molecule has 2 aromatic rings. The van der Waals surface area contributed by atoms with Gasteiger partial charge in [0.05, 0.1) is 10.9 Å². The molecule has 0 aromatic heterocycles. The van der Waals surface area contributed by atoms with Gasteiger partial charge in [0, 0.05) is 10.5 Å². The highest BCUT2D eigenvalue weighted by Gasteiger charge is 2.22. The zero-order valence-corrected chi connectivity index (χ0v) is 17.2. The van der Waals surface area contributed by atoms with E-state index in [2.05, 4.69) is 26.0 Å². The molecule has 2 aromatic carbocycles. The van der Waals surface area contributed by atoms with Crippen molar-refractivity contribution in [2.75, 3.05) is 0 Å². The predicted octanol–water partition coefficient (Wildman–Crippen LogP) is 3.25. The van der Waals surface area contributed by atoms with Gasteiger partial charge in [-0.2, -0.15) is 4.72 Å². The number of carbonyl (C=O) groups is 1. The maximum Gasteiger partial charge on any atom is 0.241 e. The zero-order chi connectivity index (χ0) is 19.2. The Labute approximate surface area is 163 Å². The average Bonchev–Trinajstić information content (AvgIpc) is 2.61. The third-order valence-electron chi connectivity index (χ3n) is 3.95. The van der Waals surface area contributed by atoms with Gasteiger partial charge >= 0.3 is 0 Å². The van der Waals surface area contributed by atoms with E-state index in [1.165, 1.54) is 24.6 Å². The molecule has 140 valence electrons. The number of nitrogens with one attached hydrogen (secondary N) is 2. The number of sulfonamides is 1. The second-order valence-corrected chi connectivity index (χ2v) is 8.86. The monoisotopic (exact) mass is 438 g/mol. The lowest BCUT2D eigenvalue weighted by atomic mass is 10.1. The van der Waals surface area contributed by atoms with Crippen LogP contribution < -0.4 is 10.0 Å². The van der Waals surface area contributed by atoms with Gasteiger partial charge in [0.15, 0.2) is 0 Å². The maximum absolute atomic E-state index is 12.3. The fraction of sp³-hybridized carbons (Fsp3) is 0.316. The highest BCUT2D eigenvalue weighted by atomic mass is 79.9. The molecular weight excluding hydrogens is 416 g/mol. The summed E-state index contributed by atoms with van der Waals surface area (Å²) < 4.78 is 27.9. The molecule has 1 amide bonds. The smallest absolute Gasteiger partial charge is 0.241 e. The van der Waals surface area contributed by atoms with Crippen LogP contribution in [0.25, 0.3) is 0 Å². The van der Waals surface area contributed by atoms with Gasteiger partial charge in [0.2, 0.25) is 15.9 Å². The van der Waals surface area contributed by atoms with Gasteiger partial charge in [-0.05, 0) is 56.5 Å². The Bertz CT molecular complexity index is 824. The number of hydrogen-bond donors (Lipinski definition) is 2. The zero-order valence-electron chi connectivity index (χ0n) is 14.8. The van der Waals surface area contributed by atoms with Crippen molar-refractivity contribution >= 4 is 31.9 Å². The molecule has 2 N–H and O–H groups in total. The molecule has 0 bridgehead atoms. The topological polar surface area (TPSA) is 75.3 Å². The van der Waals surface area contributed by atoms with Crippen molar-refractivity contribution in [3.63, 3.8) is 0 Å². The van der Waals surface area contributed by atoms with E-state index in [0.717, 1.165) is 17.3 Å². The first kappa shape index (κ1) is 20.6. The summed E-state index contributed by atoms with van der Waals surface area (Å²) in [5.41, 5.74) is 1.21. The summed E-state index contributed by atoms with van der Waals surface area (Å²) in [5, 5.41) is 2.86. The van der Waals surface area contributed by atoms with Crippen LogP contribution in [0.3, 0.4) is 0 Å². The summed E-state index contributed by atoms with van der Waals surface area (Å²) in [6.07, 6.45) is 1.63. The molecule has 0 aliphatic rings. The minimum atomic E-state index is -3.74. The maximum atomic E-state index is 12.3. The summed E-state index contributed by atoms with van der Waals surface area (Å²) in [6, 6.07) is 15.4. The molecule has 0 heterocycles. The van der Waals surface area contributed by atoms with Gasteiger partial charge in [-0.25, -0.2) is 8.42 Å². The van der Waals surface area contributed by atoms with E-state index >= 15 is 0 Å². The molecule has 0 saturated carbocycles. The van der Waals surface area contributed by atoms with E-state index in [-0.39, 0.29) is 16.8 Å². The van der Waals surface area contributed by atoms with Crippen LogP contribution in [-0.2, 0) is 21.2 Å². The molecule has 0 radical (unpaired) electrons. The second kappa shape index (κ2) is 9.30. The molecule has 7 heteroatoms. The molecule has 5 nitrogen and oxygen atoms in total. The van der Waals surface area contributed by atoms with Crippen LogP contribution in [0.15, 0.2) is 64.0 Å². The number of halogens is 1. The number of carbonyl (C=O) groups excluding carboxylic acids is 1. The summed E-state index contributed by atoms with van der Waals surface area (Å²) in [4.78, 5) is 12.4. The van der Waals surface area contributed by atoms with Gasteiger partial charge in [-0.3, -0.25) is 4.79 Å². The number of benzene rings is 2. The van der Waals surface area contributed by atoms with Crippen LogP contribution in [0, 0.1) is 0 Å². The van der Waals surface area contributed by atoms with Gasteiger partial charge < -0.3 is 5.32 Å². The Morgan fingerprint density at radius 1 is 1.04 bits per heavy atom. The molecule has 0 spiro atoms. The fourth-order valence-corrected chi connectivity index (χ4v) is 3.90. The molecule has 26 heavy (non-hydrogen) atoms. The predicted molar refractivity (Wildman–Crippen MR) is 106 cm³/mol. The normalized spacial score (nSPS) is 13.8. The summed E-state index contributed by atoms with van der Waals surface area (Å²) in [7, 11) is -3.74. The Balaban J connectivity index is 1.87. The van der Waals surface area contributed by atoms with Crippen LogP contribution in [0.5, 0.6) is 0 Å². The number of rotatable bonds is 8. The molecule has 0 unspecified atom stereocenters. The van der Waals surface area contributed by atoms with Gasteiger partial charge in [-0.1, -0.05) is 46.3 Å². The van der Waals surface area contributed by atoms with Crippen LogP contribution in [0.2, 0.25) is 0 Å². The number of aryl methyl sites for hydroxylation is 1. The van der Waals surface area contributed by atoms with E-state index in [1.54, 1.807) is 12.1 Å². The summed E-state index contributed by atoms with van der Waals surface area (Å²) in [6.45, 7) is 3.45. The average molecular weight is 439 g/mol. The van der Waals surface area contributed by atoms with Crippen molar-refractivity contribution in [2.24, 2.45) is 0 Å². The van der Waals surface area contributed by atoms with Crippen molar-refractivity contribution in [2.45, 2.75) is 43.7 Å². The summed E-state index contributed by atoms with van der Waals surface area (Å²) >= 11 is 3.27. The molecule has 0 fully saturated rings. The number of amides is 1. The Morgan fingerprint density at radius 3 is 2.27 bits per heavy atom. The molecule has 0 aliphatic heterocycles. The molecule has 2 atom stereocenters. The first-order chi connectivity index (χ1) is 12.3. The molecule has 0 saturated heterocycles. The third-order valence-corrected chi connectivity index (χ3v) is 6.03. The lowest BCUT2D eigenvalue weighted by molar-refractivity contribution is -0.123. The second-order valence-electron chi connectivity index (χ2n) is 6.23. The largest absolute Gasteiger partial charge is 0.352 e. The van der Waals surface area contributed by atoms with Crippen LogP contribution in [0.1, 0.15) is 25.8 Å².